The summed E-state index contributed by atoms with van der Waals surface area (Å²) < 4.78 is 5.76. The van der Waals surface area contributed by atoms with Crippen molar-refractivity contribution in [3.8, 4) is 5.75 Å². The minimum atomic E-state index is -0.386. The van der Waals surface area contributed by atoms with Crippen LogP contribution >= 0.6 is 0 Å². The van der Waals surface area contributed by atoms with E-state index < -0.39 is 0 Å². The number of carbonyl (C=O) groups is 1. The van der Waals surface area contributed by atoms with Crippen molar-refractivity contribution < 1.29 is 9.53 Å². The highest BCUT2D eigenvalue weighted by atomic mass is 16.5. The van der Waals surface area contributed by atoms with E-state index in [1.807, 2.05) is 12.1 Å². The average molecular weight is 248 g/mol. The Labute approximate surface area is 108 Å². The molecule has 0 aromatic heterocycles. The molecule has 2 rings (SSSR count). The molecule has 4 nitrogen and oxygen atoms in total. The standard InChI is InChI=1S/C14H20N2O2/c1-3-16(4-2)12-8-11-7-10(14(15)17)5-6-13(11)18-9-12/h5-7,12H,3-4,8-9H2,1-2H3,(H2,15,17)/t12-/m0/s1. The highest BCUT2D eigenvalue weighted by molar-refractivity contribution is 5.93. The first kappa shape index (κ1) is 12.9. The third-order valence-corrected chi connectivity index (χ3v) is 3.56. The van der Waals surface area contributed by atoms with Gasteiger partial charge in [-0.25, -0.2) is 0 Å². The molecule has 1 aliphatic heterocycles. The van der Waals surface area contributed by atoms with Gasteiger partial charge in [-0.2, -0.15) is 0 Å². The van der Waals surface area contributed by atoms with Crippen molar-refractivity contribution in [1.29, 1.82) is 0 Å². The van der Waals surface area contributed by atoms with Crippen LogP contribution in [-0.2, 0) is 6.42 Å². The molecule has 98 valence electrons. The summed E-state index contributed by atoms with van der Waals surface area (Å²) in [6.07, 6.45) is 0.915. The molecule has 0 spiro atoms. The zero-order chi connectivity index (χ0) is 13.1. The maximum atomic E-state index is 11.2. The molecule has 1 aromatic rings. The second-order valence-corrected chi connectivity index (χ2v) is 4.58. The second-order valence-electron chi connectivity index (χ2n) is 4.58. The van der Waals surface area contributed by atoms with Crippen LogP contribution in [0.25, 0.3) is 0 Å². The number of ether oxygens (including phenoxy) is 1. The summed E-state index contributed by atoms with van der Waals surface area (Å²) in [5.74, 6) is 0.492. The molecule has 18 heavy (non-hydrogen) atoms. The molecule has 0 bridgehead atoms. The molecule has 1 amide bonds. The number of primary amides is 1. The van der Waals surface area contributed by atoms with Gasteiger partial charge < -0.3 is 10.5 Å². The highest BCUT2D eigenvalue weighted by Crippen LogP contribution is 2.27. The SMILES string of the molecule is CCN(CC)[C@@H]1COc2ccc(C(N)=O)cc2C1. The minimum absolute atomic E-state index is 0.385. The van der Waals surface area contributed by atoms with E-state index >= 15 is 0 Å². The summed E-state index contributed by atoms with van der Waals surface area (Å²) in [5, 5.41) is 0. The Kier molecular flexibility index (Phi) is 3.87. The number of rotatable bonds is 4. The number of likely N-dealkylation sites (N-methyl/N-ethyl adjacent to an activating group) is 1. The number of nitrogens with zero attached hydrogens (tertiary/aromatic N) is 1. The fourth-order valence-corrected chi connectivity index (χ4v) is 2.51. The van der Waals surface area contributed by atoms with Crippen LogP contribution in [0.5, 0.6) is 5.75 Å². The first-order valence-electron chi connectivity index (χ1n) is 6.45. The number of benzene rings is 1. The van der Waals surface area contributed by atoms with Crippen LogP contribution in [-0.4, -0.2) is 36.5 Å². The number of amides is 1. The third-order valence-electron chi connectivity index (χ3n) is 3.56. The Bertz CT molecular complexity index is 441. The van der Waals surface area contributed by atoms with Gasteiger partial charge in [-0.3, -0.25) is 9.69 Å². The van der Waals surface area contributed by atoms with Crippen molar-refractivity contribution in [1.82, 2.24) is 4.90 Å². The number of carbonyl (C=O) groups excluding carboxylic acids is 1. The summed E-state index contributed by atoms with van der Waals surface area (Å²) in [4.78, 5) is 13.6. The van der Waals surface area contributed by atoms with Gasteiger partial charge in [-0.1, -0.05) is 13.8 Å². The lowest BCUT2D eigenvalue weighted by Gasteiger charge is -2.33. The fraction of sp³-hybridized carbons (Fsp3) is 0.500. The largest absolute Gasteiger partial charge is 0.492 e. The van der Waals surface area contributed by atoms with Gasteiger partial charge in [0.15, 0.2) is 0 Å². The van der Waals surface area contributed by atoms with Crippen LogP contribution in [0, 0.1) is 0 Å². The normalized spacial score (nSPS) is 18.3. The molecule has 0 fully saturated rings. The van der Waals surface area contributed by atoms with E-state index in [9.17, 15) is 4.79 Å². The summed E-state index contributed by atoms with van der Waals surface area (Å²) in [5.41, 5.74) is 6.93. The van der Waals surface area contributed by atoms with Crippen LogP contribution in [0.3, 0.4) is 0 Å². The van der Waals surface area contributed by atoms with Crippen molar-refractivity contribution in [2.75, 3.05) is 19.7 Å². The predicted octanol–water partition coefficient (Wildman–Crippen LogP) is 1.43. The van der Waals surface area contributed by atoms with Crippen LogP contribution in [0.15, 0.2) is 18.2 Å². The van der Waals surface area contributed by atoms with Crippen molar-refractivity contribution in [3.05, 3.63) is 29.3 Å². The quantitative estimate of drug-likeness (QED) is 0.877. The zero-order valence-electron chi connectivity index (χ0n) is 11.0. The van der Waals surface area contributed by atoms with Gasteiger partial charge in [0.2, 0.25) is 5.91 Å². The smallest absolute Gasteiger partial charge is 0.248 e. The maximum absolute atomic E-state index is 11.2. The molecular formula is C14H20N2O2. The van der Waals surface area contributed by atoms with Gasteiger partial charge >= 0.3 is 0 Å². The van der Waals surface area contributed by atoms with Crippen molar-refractivity contribution in [3.63, 3.8) is 0 Å². The maximum Gasteiger partial charge on any atom is 0.248 e. The minimum Gasteiger partial charge on any atom is -0.492 e. The summed E-state index contributed by atoms with van der Waals surface area (Å²) >= 11 is 0. The van der Waals surface area contributed by atoms with Gasteiger partial charge in [0.1, 0.15) is 12.4 Å². The molecule has 1 aromatic carbocycles. The van der Waals surface area contributed by atoms with E-state index in [0.29, 0.717) is 18.2 Å². The average Bonchev–Trinajstić information content (AvgIpc) is 2.39. The van der Waals surface area contributed by atoms with Crippen LogP contribution in [0.2, 0.25) is 0 Å². The Morgan fingerprint density at radius 1 is 1.44 bits per heavy atom. The molecule has 1 atom stereocenters. The molecule has 1 heterocycles. The van der Waals surface area contributed by atoms with Gasteiger partial charge in [0, 0.05) is 11.6 Å². The first-order chi connectivity index (χ1) is 8.65. The van der Waals surface area contributed by atoms with Gasteiger partial charge in [-0.05, 0) is 43.3 Å². The molecular weight excluding hydrogens is 228 g/mol. The second kappa shape index (κ2) is 5.40. The lowest BCUT2D eigenvalue weighted by Crippen LogP contribution is -2.43. The molecule has 0 unspecified atom stereocenters. The van der Waals surface area contributed by atoms with E-state index in [1.54, 1.807) is 6.07 Å². The molecule has 4 heteroatoms. The monoisotopic (exact) mass is 248 g/mol. The Balaban J connectivity index is 2.21. The van der Waals surface area contributed by atoms with Crippen LogP contribution in [0.4, 0.5) is 0 Å². The number of nitrogens with two attached hydrogens (primary N) is 1. The number of hydrogen-bond donors (Lipinski definition) is 1. The Morgan fingerprint density at radius 2 is 2.17 bits per heavy atom. The lowest BCUT2D eigenvalue weighted by molar-refractivity contribution is 0.0999. The molecule has 2 N–H and O–H groups in total. The van der Waals surface area contributed by atoms with E-state index in [0.717, 1.165) is 30.8 Å². The zero-order valence-corrected chi connectivity index (χ0v) is 11.0. The van der Waals surface area contributed by atoms with E-state index in [1.165, 1.54) is 0 Å². The van der Waals surface area contributed by atoms with E-state index in [2.05, 4.69) is 18.7 Å². The molecule has 0 saturated heterocycles. The molecule has 0 radical (unpaired) electrons. The van der Waals surface area contributed by atoms with Gasteiger partial charge in [-0.15, -0.1) is 0 Å². The molecule has 0 aliphatic carbocycles. The van der Waals surface area contributed by atoms with Crippen molar-refractivity contribution in [2.24, 2.45) is 5.73 Å². The van der Waals surface area contributed by atoms with Crippen LogP contribution < -0.4 is 10.5 Å². The predicted molar refractivity (Wildman–Crippen MR) is 70.9 cm³/mol. The third kappa shape index (κ3) is 2.48. The fourth-order valence-electron chi connectivity index (χ4n) is 2.51. The summed E-state index contributed by atoms with van der Waals surface area (Å²) in [6, 6.07) is 5.80. The van der Waals surface area contributed by atoms with Gasteiger partial charge in [0.25, 0.3) is 0 Å². The Morgan fingerprint density at radius 3 is 2.78 bits per heavy atom. The lowest BCUT2D eigenvalue weighted by atomic mass is 9.99. The van der Waals surface area contributed by atoms with Gasteiger partial charge in [0.05, 0.1) is 0 Å². The number of hydrogen-bond acceptors (Lipinski definition) is 3. The van der Waals surface area contributed by atoms with E-state index in [-0.39, 0.29) is 5.91 Å². The van der Waals surface area contributed by atoms with Crippen molar-refractivity contribution in [2.45, 2.75) is 26.3 Å². The highest BCUT2D eigenvalue weighted by Gasteiger charge is 2.24. The first-order valence-corrected chi connectivity index (χ1v) is 6.45. The number of fused-ring (bicyclic) bond motifs is 1. The molecule has 0 saturated carbocycles. The molecule has 1 aliphatic rings. The van der Waals surface area contributed by atoms with Crippen LogP contribution in [0.1, 0.15) is 29.8 Å². The summed E-state index contributed by atoms with van der Waals surface area (Å²) in [6.45, 7) is 7.03. The summed E-state index contributed by atoms with van der Waals surface area (Å²) in [7, 11) is 0. The van der Waals surface area contributed by atoms with E-state index in [4.69, 9.17) is 10.5 Å². The van der Waals surface area contributed by atoms with Crippen molar-refractivity contribution >= 4 is 5.91 Å². The Hall–Kier alpha value is -1.55. The topological polar surface area (TPSA) is 55.6 Å².